The van der Waals surface area contributed by atoms with Crippen LogP contribution in [0, 0.1) is 0 Å². The van der Waals surface area contributed by atoms with E-state index in [2.05, 4.69) is 21.2 Å². The van der Waals surface area contributed by atoms with E-state index in [0.717, 1.165) is 23.0 Å². The molecule has 0 heterocycles. The zero-order valence-corrected chi connectivity index (χ0v) is 11.3. The Bertz CT molecular complexity index is 355. The molecule has 0 atom stereocenters. The van der Waals surface area contributed by atoms with Gasteiger partial charge in [-0.1, -0.05) is 35.0 Å². The summed E-state index contributed by atoms with van der Waals surface area (Å²) in [5.74, 6) is 0. The van der Waals surface area contributed by atoms with E-state index in [9.17, 15) is 4.79 Å². The number of amides is 2. The first-order valence-electron chi connectivity index (χ1n) is 5.37. The zero-order chi connectivity index (χ0) is 12.0. The van der Waals surface area contributed by atoms with Gasteiger partial charge in [-0.2, -0.15) is 0 Å². The molecule has 0 fully saturated rings. The van der Waals surface area contributed by atoms with E-state index >= 15 is 0 Å². The Kier molecular flexibility index (Phi) is 5.32. The molecular formula is C12H17BrN2O. The summed E-state index contributed by atoms with van der Waals surface area (Å²) in [5, 5.41) is 2.84. The van der Waals surface area contributed by atoms with Crippen LogP contribution in [0.5, 0.6) is 0 Å². The number of hydrogen-bond donors (Lipinski definition) is 1. The Labute approximate surface area is 105 Å². The normalized spacial score (nSPS) is 9.94. The van der Waals surface area contributed by atoms with Gasteiger partial charge in [-0.05, 0) is 24.1 Å². The Balaban J connectivity index is 2.50. The Hall–Kier alpha value is -1.03. The van der Waals surface area contributed by atoms with E-state index in [4.69, 9.17) is 0 Å². The molecule has 1 aromatic carbocycles. The maximum absolute atomic E-state index is 11.6. The fourth-order valence-corrected chi connectivity index (χ4v) is 1.79. The van der Waals surface area contributed by atoms with Crippen LogP contribution < -0.4 is 5.32 Å². The van der Waals surface area contributed by atoms with E-state index in [0.29, 0.717) is 6.54 Å². The molecule has 1 rings (SSSR count). The van der Waals surface area contributed by atoms with Crippen molar-refractivity contribution in [2.75, 3.05) is 13.6 Å². The van der Waals surface area contributed by atoms with E-state index in [1.807, 2.05) is 31.2 Å². The van der Waals surface area contributed by atoms with Gasteiger partial charge in [-0.15, -0.1) is 0 Å². The number of halogens is 1. The number of rotatable bonds is 4. The lowest BCUT2D eigenvalue weighted by atomic mass is 10.2. The average molecular weight is 285 g/mol. The van der Waals surface area contributed by atoms with Crippen molar-refractivity contribution in [3.8, 4) is 0 Å². The molecule has 4 heteroatoms. The number of nitrogens with zero attached hydrogens (tertiary/aromatic N) is 1. The molecule has 0 spiro atoms. The van der Waals surface area contributed by atoms with E-state index < -0.39 is 0 Å². The SMILES string of the molecule is CCCNC(=O)N(C)Cc1cccc(Br)c1. The van der Waals surface area contributed by atoms with Gasteiger partial charge in [0.25, 0.3) is 0 Å². The number of carbonyl (C=O) groups is 1. The van der Waals surface area contributed by atoms with Crippen molar-refractivity contribution in [3.63, 3.8) is 0 Å². The Morgan fingerprint density at radius 1 is 1.50 bits per heavy atom. The summed E-state index contributed by atoms with van der Waals surface area (Å²) < 4.78 is 1.03. The first kappa shape index (κ1) is 13.0. The van der Waals surface area contributed by atoms with Gasteiger partial charge in [-0.25, -0.2) is 4.79 Å². The van der Waals surface area contributed by atoms with Gasteiger partial charge >= 0.3 is 6.03 Å². The van der Waals surface area contributed by atoms with Crippen LogP contribution in [-0.4, -0.2) is 24.5 Å². The molecule has 3 nitrogen and oxygen atoms in total. The van der Waals surface area contributed by atoms with E-state index in [1.165, 1.54) is 0 Å². The number of carbonyl (C=O) groups excluding carboxylic acids is 1. The van der Waals surface area contributed by atoms with Crippen molar-refractivity contribution in [2.24, 2.45) is 0 Å². The van der Waals surface area contributed by atoms with Gasteiger partial charge in [0, 0.05) is 24.6 Å². The maximum atomic E-state index is 11.6. The second-order valence-corrected chi connectivity index (χ2v) is 4.63. The molecule has 0 saturated carbocycles. The van der Waals surface area contributed by atoms with Gasteiger partial charge in [0.1, 0.15) is 0 Å². The molecule has 16 heavy (non-hydrogen) atoms. The minimum absolute atomic E-state index is 0.0261. The molecule has 1 aromatic rings. The molecule has 0 aromatic heterocycles. The van der Waals surface area contributed by atoms with Crippen molar-refractivity contribution < 1.29 is 4.79 Å². The van der Waals surface area contributed by atoms with Crippen LogP contribution in [0.2, 0.25) is 0 Å². The van der Waals surface area contributed by atoms with Crippen LogP contribution in [0.3, 0.4) is 0 Å². The average Bonchev–Trinajstić information content (AvgIpc) is 2.25. The van der Waals surface area contributed by atoms with Crippen LogP contribution in [-0.2, 0) is 6.54 Å². The first-order chi connectivity index (χ1) is 7.63. The van der Waals surface area contributed by atoms with Gasteiger partial charge in [0.15, 0.2) is 0 Å². The van der Waals surface area contributed by atoms with E-state index in [-0.39, 0.29) is 6.03 Å². The fraction of sp³-hybridized carbons (Fsp3) is 0.417. The Morgan fingerprint density at radius 2 is 2.25 bits per heavy atom. The molecule has 0 saturated heterocycles. The minimum Gasteiger partial charge on any atom is -0.338 e. The molecule has 0 aliphatic carbocycles. The van der Waals surface area contributed by atoms with Crippen molar-refractivity contribution in [1.82, 2.24) is 10.2 Å². The molecule has 88 valence electrons. The molecule has 0 aliphatic heterocycles. The zero-order valence-electron chi connectivity index (χ0n) is 9.66. The third-order valence-electron chi connectivity index (χ3n) is 2.18. The lowest BCUT2D eigenvalue weighted by Gasteiger charge is -2.17. The highest BCUT2D eigenvalue weighted by Crippen LogP contribution is 2.12. The van der Waals surface area contributed by atoms with Gasteiger partial charge < -0.3 is 10.2 Å². The van der Waals surface area contributed by atoms with Crippen LogP contribution in [0.25, 0.3) is 0 Å². The fourth-order valence-electron chi connectivity index (χ4n) is 1.35. The van der Waals surface area contributed by atoms with E-state index in [1.54, 1.807) is 11.9 Å². The third-order valence-corrected chi connectivity index (χ3v) is 2.67. The summed E-state index contributed by atoms with van der Waals surface area (Å²) in [4.78, 5) is 13.3. The number of nitrogens with one attached hydrogen (secondary N) is 1. The second kappa shape index (κ2) is 6.53. The van der Waals surface area contributed by atoms with Crippen LogP contribution >= 0.6 is 15.9 Å². The summed E-state index contributed by atoms with van der Waals surface area (Å²) >= 11 is 3.41. The van der Waals surface area contributed by atoms with Crippen molar-refractivity contribution in [3.05, 3.63) is 34.3 Å². The van der Waals surface area contributed by atoms with Gasteiger partial charge in [0.05, 0.1) is 0 Å². The van der Waals surface area contributed by atoms with Crippen molar-refractivity contribution in [1.29, 1.82) is 0 Å². The monoisotopic (exact) mass is 284 g/mol. The van der Waals surface area contributed by atoms with Crippen LogP contribution in [0.4, 0.5) is 4.79 Å². The van der Waals surface area contributed by atoms with Gasteiger partial charge in [0.2, 0.25) is 0 Å². The predicted octanol–water partition coefficient (Wildman–Crippen LogP) is 3.00. The van der Waals surface area contributed by atoms with Crippen molar-refractivity contribution >= 4 is 22.0 Å². The maximum Gasteiger partial charge on any atom is 0.317 e. The summed E-state index contributed by atoms with van der Waals surface area (Å²) in [6.45, 7) is 3.38. The lowest BCUT2D eigenvalue weighted by molar-refractivity contribution is 0.207. The Morgan fingerprint density at radius 3 is 2.88 bits per heavy atom. The predicted molar refractivity (Wildman–Crippen MR) is 69.3 cm³/mol. The summed E-state index contributed by atoms with van der Waals surface area (Å²) in [6, 6.07) is 7.94. The number of hydrogen-bond acceptors (Lipinski definition) is 1. The minimum atomic E-state index is -0.0261. The highest BCUT2D eigenvalue weighted by atomic mass is 79.9. The van der Waals surface area contributed by atoms with Crippen LogP contribution in [0.1, 0.15) is 18.9 Å². The molecule has 0 unspecified atom stereocenters. The standard InChI is InChI=1S/C12H17BrN2O/c1-3-7-14-12(16)15(2)9-10-5-4-6-11(13)8-10/h4-6,8H,3,7,9H2,1-2H3,(H,14,16). The highest BCUT2D eigenvalue weighted by molar-refractivity contribution is 9.10. The topological polar surface area (TPSA) is 32.3 Å². The first-order valence-corrected chi connectivity index (χ1v) is 6.16. The number of benzene rings is 1. The summed E-state index contributed by atoms with van der Waals surface area (Å²) in [5.41, 5.74) is 1.11. The third kappa shape index (κ3) is 4.23. The molecular weight excluding hydrogens is 268 g/mol. The smallest absolute Gasteiger partial charge is 0.317 e. The lowest BCUT2D eigenvalue weighted by Crippen LogP contribution is -2.37. The van der Waals surface area contributed by atoms with Crippen LogP contribution in [0.15, 0.2) is 28.7 Å². The molecule has 0 bridgehead atoms. The second-order valence-electron chi connectivity index (χ2n) is 3.72. The quantitative estimate of drug-likeness (QED) is 0.906. The number of urea groups is 1. The molecule has 1 N–H and O–H groups in total. The molecule has 2 amide bonds. The van der Waals surface area contributed by atoms with Gasteiger partial charge in [-0.3, -0.25) is 0 Å². The highest BCUT2D eigenvalue weighted by Gasteiger charge is 2.07. The molecule has 0 aliphatic rings. The largest absolute Gasteiger partial charge is 0.338 e. The molecule has 0 radical (unpaired) electrons. The van der Waals surface area contributed by atoms with Crippen molar-refractivity contribution in [2.45, 2.75) is 19.9 Å². The summed E-state index contributed by atoms with van der Waals surface area (Å²) in [7, 11) is 1.80. The summed E-state index contributed by atoms with van der Waals surface area (Å²) in [6.07, 6.45) is 0.955.